The van der Waals surface area contributed by atoms with Crippen molar-refractivity contribution in [3.8, 4) is 17.2 Å². The van der Waals surface area contributed by atoms with Gasteiger partial charge in [-0.05, 0) is 43.9 Å². The van der Waals surface area contributed by atoms with Gasteiger partial charge in [0, 0.05) is 19.8 Å². The fourth-order valence-electron chi connectivity index (χ4n) is 9.05. The van der Waals surface area contributed by atoms with Gasteiger partial charge < -0.3 is 71.1 Å². The van der Waals surface area contributed by atoms with Gasteiger partial charge >= 0.3 is 0 Å². The third-order valence-electron chi connectivity index (χ3n) is 13.9. The van der Waals surface area contributed by atoms with E-state index >= 15 is 0 Å². The molecule has 0 spiro atoms. The molecule has 0 aliphatic rings. The molecule has 15 nitrogen and oxygen atoms in total. The predicted molar refractivity (Wildman–Crippen MR) is 333 cm³/mol. The van der Waals surface area contributed by atoms with Gasteiger partial charge in [-0.25, -0.2) is 0 Å². The Bertz CT molecular complexity index is 1290. The first-order valence-electron chi connectivity index (χ1n) is 33.7. The van der Waals surface area contributed by atoms with E-state index in [1.54, 1.807) is 0 Å². The maximum Gasteiger partial charge on any atom is 0.203 e. The molecule has 0 radical (unpaired) electrons. The van der Waals surface area contributed by atoms with Gasteiger partial charge in [-0.15, -0.1) is 0 Å². The van der Waals surface area contributed by atoms with Crippen LogP contribution in [0.1, 0.15) is 219 Å². The molecule has 0 N–H and O–H groups in total. The van der Waals surface area contributed by atoms with E-state index in [9.17, 15) is 0 Å². The number of aryl methyl sites for hydroxylation is 1. The molecule has 0 aromatic heterocycles. The molecule has 0 fully saturated rings. The molecule has 0 saturated carbocycles. The van der Waals surface area contributed by atoms with Crippen LogP contribution in [-0.4, -0.2) is 178 Å². The monoisotopic (exact) mass is 1170 g/mol. The van der Waals surface area contributed by atoms with Gasteiger partial charge in [-0.1, -0.05) is 194 Å². The summed E-state index contributed by atoms with van der Waals surface area (Å²) < 4.78 is 87.5. The van der Waals surface area contributed by atoms with Crippen molar-refractivity contribution in [2.75, 3.05) is 178 Å². The van der Waals surface area contributed by atoms with Crippen molar-refractivity contribution in [2.24, 2.45) is 0 Å². The predicted octanol–water partition coefficient (Wildman–Crippen LogP) is 15.1. The van der Waals surface area contributed by atoms with Gasteiger partial charge in [0.25, 0.3) is 0 Å². The van der Waals surface area contributed by atoms with E-state index in [-0.39, 0.29) is 0 Å². The minimum atomic E-state index is 0.298. The Morgan fingerprint density at radius 2 is 0.366 bits per heavy atom. The summed E-state index contributed by atoms with van der Waals surface area (Å²) in [5.74, 6) is 1.66. The molecular formula is C67H128O15. The van der Waals surface area contributed by atoms with Gasteiger partial charge in [0.15, 0.2) is 11.5 Å². The molecule has 0 aliphatic heterocycles. The third-order valence-corrected chi connectivity index (χ3v) is 13.9. The van der Waals surface area contributed by atoms with Gasteiger partial charge in [0.2, 0.25) is 5.75 Å². The second-order valence-corrected chi connectivity index (χ2v) is 21.5. The molecular weight excluding hydrogens is 1040 g/mol. The Kier molecular flexibility index (Phi) is 65.1. The number of hydrogen-bond acceptors (Lipinski definition) is 15. The van der Waals surface area contributed by atoms with Crippen molar-refractivity contribution < 1.29 is 71.1 Å². The maximum absolute atomic E-state index is 6.26. The lowest BCUT2D eigenvalue weighted by Gasteiger charge is -2.18. The average molecular weight is 1170 g/mol. The van der Waals surface area contributed by atoms with Crippen LogP contribution in [0.3, 0.4) is 0 Å². The van der Waals surface area contributed by atoms with Crippen molar-refractivity contribution in [2.45, 2.75) is 220 Å². The molecule has 1 aromatic rings. The van der Waals surface area contributed by atoms with E-state index in [2.05, 4.69) is 20.8 Å². The van der Waals surface area contributed by atoms with Crippen LogP contribution >= 0.6 is 0 Å². The molecule has 0 aliphatic carbocycles. The second-order valence-electron chi connectivity index (χ2n) is 21.5. The minimum absolute atomic E-state index is 0.298. The number of rotatable bonds is 72. The fourth-order valence-corrected chi connectivity index (χ4v) is 9.05. The van der Waals surface area contributed by atoms with E-state index in [0.717, 1.165) is 44.6 Å². The van der Waals surface area contributed by atoms with Crippen LogP contribution in [0.4, 0.5) is 0 Å². The maximum atomic E-state index is 6.26. The topological polar surface area (TPSA) is 138 Å². The normalized spacial score (nSPS) is 11.6. The van der Waals surface area contributed by atoms with Crippen molar-refractivity contribution in [1.82, 2.24) is 0 Å². The van der Waals surface area contributed by atoms with Crippen LogP contribution in [0.15, 0.2) is 12.1 Å². The van der Waals surface area contributed by atoms with Crippen molar-refractivity contribution in [3.05, 3.63) is 17.7 Å². The summed E-state index contributed by atoms with van der Waals surface area (Å²) in [4.78, 5) is 0. The average Bonchev–Trinajstić information content (AvgIpc) is 3.50. The molecule has 0 atom stereocenters. The number of unbranched alkanes of at least 4 members (excludes halogenated alkanes) is 27. The van der Waals surface area contributed by atoms with Gasteiger partial charge in [0.05, 0.1) is 139 Å². The van der Waals surface area contributed by atoms with Crippen LogP contribution in [0.2, 0.25) is 0 Å². The summed E-state index contributed by atoms with van der Waals surface area (Å²) in [5, 5.41) is 0. The van der Waals surface area contributed by atoms with E-state index in [1.807, 2.05) is 19.1 Å². The summed E-state index contributed by atoms with van der Waals surface area (Å²) in [6.07, 6.45) is 39.8. The molecule has 0 bridgehead atoms. The molecule has 486 valence electrons. The quantitative estimate of drug-likeness (QED) is 0.0571. The Morgan fingerprint density at radius 1 is 0.195 bits per heavy atom. The first-order chi connectivity index (χ1) is 40.7. The van der Waals surface area contributed by atoms with Gasteiger partial charge in [0.1, 0.15) is 19.8 Å². The lowest BCUT2D eigenvalue weighted by Crippen LogP contribution is -2.16. The summed E-state index contributed by atoms with van der Waals surface area (Å²) in [6.45, 7) is 22.8. The molecule has 1 aromatic carbocycles. The highest BCUT2D eigenvalue weighted by molar-refractivity contribution is 5.53. The van der Waals surface area contributed by atoms with E-state index < -0.39 is 0 Å². The molecule has 0 unspecified atom stereocenters. The third kappa shape index (κ3) is 58.5. The van der Waals surface area contributed by atoms with E-state index in [1.165, 1.54) is 173 Å². The molecule has 0 heterocycles. The highest BCUT2D eigenvalue weighted by Crippen LogP contribution is 2.39. The Labute approximate surface area is 502 Å². The summed E-state index contributed by atoms with van der Waals surface area (Å²) in [6, 6.07) is 3.89. The Balaban J connectivity index is 2.29. The summed E-state index contributed by atoms with van der Waals surface area (Å²) >= 11 is 0. The lowest BCUT2D eigenvalue weighted by molar-refractivity contribution is -0.00625. The van der Waals surface area contributed by atoms with Crippen LogP contribution in [-0.2, 0) is 56.8 Å². The Hall–Kier alpha value is -1.86. The van der Waals surface area contributed by atoms with Crippen LogP contribution in [0.25, 0.3) is 0 Å². The van der Waals surface area contributed by atoms with Crippen LogP contribution in [0, 0.1) is 6.92 Å². The smallest absolute Gasteiger partial charge is 0.203 e. The van der Waals surface area contributed by atoms with E-state index in [4.69, 9.17) is 71.1 Å². The van der Waals surface area contributed by atoms with Crippen LogP contribution in [0.5, 0.6) is 17.2 Å². The number of ether oxygens (including phenoxy) is 15. The van der Waals surface area contributed by atoms with Crippen molar-refractivity contribution in [3.63, 3.8) is 0 Å². The fraction of sp³-hybridized carbons (Fsp3) is 0.910. The standard InChI is InChI=1S/C67H128O15/c1-5-8-11-14-17-20-23-26-29-32-35-68-38-41-71-44-47-74-50-53-77-56-59-80-65-62-64(4)63-66(81-60-57-78-54-51-75-48-45-72-42-39-69-36-33-30-27-24-21-18-15-12-9-6-2)67(65)82-61-58-79-55-52-76-49-46-73-43-40-70-37-34-31-28-25-22-19-16-13-10-7-3/h62-63H,5-61H2,1-4H3. The first-order valence-corrected chi connectivity index (χ1v) is 33.7. The van der Waals surface area contributed by atoms with Gasteiger partial charge in [-0.3, -0.25) is 0 Å². The molecule has 1 rings (SSSR count). The Morgan fingerprint density at radius 3 is 0.585 bits per heavy atom. The molecule has 0 saturated heterocycles. The van der Waals surface area contributed by atoms with Crippen molar-refractivity contribution in [1.29, 1.82) is 0 Å². The highest BCUT2D eigenvalue weighted by Gasteiger charge is 2.15. The SMILES string of the molecule is CCCCCCCCCCCCOCCOCCOCCOCCOc1cc(C)cc(OCCOCCOCCOCCOCCCCCCCCCCCC)c1OCCOCCOCCOCCOCCCCCCCCCCCC. The molecule has 15 heteroatoms. The second kappa shape index (κ2) is 68.3. The number of benzene rings is 1. The zero-order chi connectivity index (χ0) is 58.6. The minimum Gasteiger partial charge on any atom is -0.487 e. The summed E-state index contributed by atoms with van der Waals surface area (Å²) in [5.41, 5.74) is 0.973. The van der Waals surface area contributed by atoms with E-state index in [0.29, 0.717) is 176 Å². The first kappa shape index (κ1) is 78.2. The zero-order valence-electron chi connectivity index (χ0n) is 53.6. The largest absolute Gasteiger partial charge is 0.487 e. The lowest BCUT2D eigenvalue weighted by atomic mass is 10.1. The molecule has 82 heavy (non-hydrogen) atoms. The zero-order valence-corrected chi connectivity index (χ0v) is 53.6. The van der Waals surface area contributed by atoms with Crippen LogP contribution < -0.4 is 14.2 Å². The van der Waals surface area contributed by atoms with Gasteiger partial charge in [-0.2, -0.15) is 0 Å². The molecule has 0 amide bonds. The highest BCUT2D eigenvalue weighted by atomic mass is 16.6. The van der Waals surface area contributed by atoms with Crippen molar-refractivity contribution >= 4 is 0 Å². The number of hydrogen-bond donors (Lipinski definition) is 0. The summed E-state index contributed by atoms with van der Waals surface area (Å²) in [7, 11) is 0.